The minimum Gasteiger partial charge on any atom is -0.486 e. The van der Waals surface area contributed by atoms with Crippen LogP contribution in [0.1, 0.15) is 31.4 Å². The lowest BCUT2D eigenvalue weighted by atomic mass is 10.1. The van der Waals surface area contributed by atoms with Crippen LogP contribution in [0, 0.1) is 5.82 Å². The molecule has 0 saturated heterocycles. The molecule has 0 amide bonds. The summed E-state index contributed by atoms with van der Waals surface area (Å²) in [7, 11) is -2.25. The van der Waals surface area contributed by atoms with Crippen molar-refractivity contribution in [3.8, 4) is 22.7 Å². The summed E-state index contributed by atoms with van der Waals surface area (Å²) >= 11 is 1.05. The highest BCUT2D eigenvalue weighted by molar-refractivity contribution is 7.89. The van der Waals surface area contributed by atoms with Crippen molar-refractivity contribution in [3.05, 3.63) is 75.2 Å². The normalized spacial score (nSPS) is 14.4. The number of aromatic nitrogens is 4. The number of sulfonamides is 1. The Morgan fingerprint density at radius 1 is 1.17 bits per heavy atom. The van der Waals surface area contributed by atoms with E-state index in [1.165, 1.54) is 27.4 Å². The van der Waals surface area contributed by atoms with Gasteiger partial charge in [-0.2, -0.15) is 0 Å². The van der Waals surface area contributed by atoms with Crippen molar-refractivity contribution >= 4 is 21.4 Å². The fourth-order valence-electron chi connectivity index (χ4n) is 4.18. The van der Waals surface area contributed by atoms with Crippen LogP contribution in [0.4, 0.5) is 4.39 Å². The highest BCUT2D eigenvalue weighted by atomic mass is 32.2. The van der Waals surface area contributed by atoms with Crippen LogP contribution in [-0.2, 0) is 23.7 Å². The third-order valence-electron chi connectivity index (χ3n) is 6.12. The second kappa shape index (κ2) is 9.96. The van der Waals surface area contributed by atoms with Crippen molar-refractivity contribution in [2.75, 3.05) is 0 Å². The second-order valence-electron chi connectivity index (χ2n) is 8.63. The van der Waals surface area contributed by atoms with E-state index in [-0.39, 0.29) is 34.0 Å². The van der Waals surface area contributed by atoms with E-state index in [4.69, 9.17) is 4.74 Å². The van der Waals surface area contributed by atoms with E-state index in [0.717, 1.165) is 37.0 Å². The Balaban J connectivity index is 1.43. The van der Waals surface area contributed by atoms with Gasteiger partial charge in [0.05, 0.1) is 17.6 Å². The fraction of sp³-hybridized carbons (Fsp3) is 0.292. The lowest BCUT2D eigenvalue weighted by Crippen LogP contribution is -2.33. The Labute approximate surface area is 211 Å². The van der Waals surface area contributed by atoms with Crippen molar-refractivity contribution in [1.29, 1.82) is 0 Å². The average Bonchev–Trinajstić information content (AvgIpc) is 3.61. The van der Waals surface area contributed by atoms with Crippen molar-refractivity contribution in [3.63, 3.8) is 0 Å². The van der Waals surface area contributed by atoms with E-state index in [1.54, 1.807) is 42.9 Å². The topological polar surface area (TPSA) is 108 Å². The molecule has 0 radical (unpaired) electrons. The third-order valence-corrected chi connectivity index (χ3v) is 8.48. The molecular weight excluding hydrogens is 505 g/mol. The van der Waals surface area contributed by atoms with E-state index in [0.29, 0.717) is 22.6 Å². The maximum atomic E-state index is 13.4. The molecule has 36 heavy (non-hydrogen) atoms. The van der Waals surface area contributed by atoms with Gasteiger partial charge in [0, 0.05) is 24.0 Å². The van der Waals surface area contributed by atoms with Crippen LogP contribution in [0.3, 0.4) is 0 Å². The predicted octanol–water partition coefficient (Wildman–Crippen LogP) is 3.63. The molecule has 2 aromatic heterocycles. The molecular formula is C24H24FN5O4S2. The molecule has 1 fully saturated rings. The molecule has 2 heterocycles. The average molecular weight is 530 g/mol. The predicted molar refractivity (Wildman–Crippen MR) is 133 cm³/mol. The first kappa shape index (κ1) is 24.3. The summed E-state index contributed by atoms with van der Waals surface area (Å²) in [5.41, 5.74) is 2.31. The minimum absolute atomic E-state index is 0.00326. The van der Waals surface area contributed by atoms with Crippen LogP contribution < -0.4 is 14.3 Å². The van der Waals surface area contributed by atoms with Gasteiger partial charge in [-0.1, -0.05) is 29.4 Å². The minimum atomic E-state index is -3.89. The summed E-state index contributed by atoms with van der Waals surface area (Å²) in [5, 5.41) is 9.81. The van der Waals surface area contributed by atoms with Gasteiger partial charge in [-0.3, -0.25) is 4.79 Å². The smallest absolute Gasteiger partial charge is 0.307 e. The number of ether oxygens (including phenoxy) is 1. The van der Waals surface area contributed by atoms with Gasteiger partial charge in [0.1, 0.15) is 28.8 Å². The van der Waals surface area contributed by atoms with Gasteiger partial charge in [-0.25, -0.2) is 22.2 Å². The van der Waals surface area contributed by atoms with Gasteiger partial charge in [0.25, 0.3) is 0 Å². The van der Waals surface area contributed by atoms with Gasteiger partial charge in [0.2, 0.25) is 10.0 Å². The molecule has 0 bridgehead atoms. The van der Waals surface area contributed by atoms with Crippen LogP contribution in [0.15, 0.2) is 63.7 Å². The number of thiazole rings is 1. The summed E-state index contributed by atoms with van der Waals surface area (Å²) in [6, 6.07) is 10.5. The number of nitrogens with one attached hydrogen (secondary N) is 1. The van der Waals surface area contributed by atoms with Crippen LogP contribution in [0.5, 0.6) is 5.75 Å². The molecule has 0 atom stereocenters. The highest BCUT2D eigenvalue weighted by Gasteiger charge is 2.27. The maximum Gasteiger partial charge on any atom is 0.307 e. The molecule has 0 spiro atoms. The molecule has 1 N–H and O–H groups in total. The summed E-state index contributed by atoms with van der Waals surface area (Å²) in [6.07, 6.45) is 5.18. The van der Waals surface area contributed by atoms with Crippen LogP contribution in [0.25, 0.3) is 16.9 Å². The van der Waals surface area contributed by atoms with Crippen molar-refractivity contribution in [1.82, 2.24) is 24.3 Å². The maximum absolute atomic E-state index is 13.4. The fourth-order valence-corrected chi connectivity index (χ4v) is 6.42. The van der Waals surface area contributed by atoms with Crippen molar-refractivity contribution in [2.24, 2.45) is 7.05 Å². The molecule has 0 aliphatic heterocycles. The van der Waals surface area contributed by atoms with Crippen molar-refractivity contribution < 1.29 is 17.5 Å². The Bertz CT molecular complexity index is 1540. The number of rotatable bonds is 8. The number of halogens is 1. The van der Waals surface area contributed by atoms with E-state index < -0.39 is 10.0 Å². The third kappa shape index (κ3) is 5.11. The lowest BCUT2D eigenvalue weighted by molar-refractivity contribution is 0.293. The number of hydrogen-bond donors (Lipinski definition) is 1. The molecule has 188 valence electrons. The number of benzene rings is 2. The van der Waals surface area contributed by atoms with Crippen molar-refractivity contribution in [2.45, 2.75) is 43.2 Å². The van der Waals surface area contributed by atoms with E-state index in [9.17, 15) is 17.6 Å². The monoisotopic (exact) mass is 529 g/mol. The van der Waals surface area contributed by atoms with E-state index >= 15 is 0 Å². The highest BCUT2D eigenvalue weighted by Crippen LogP contribution is 2.32. The quantitative estimate of drug-likeness (QED) is 0.374. The first-order chi connectivity index (χ1) is 17.3. The molecule has 1 saturated carbocycles. The largest absolute Gasteiger partial charge is 0.486 e. The molecule has 4 aromatic rings. The zero-order chi connectivity index (χ0) is 25.3. The van der Waals surface area contributed by atoms with Crippen LogP contribution >= 0.6 is 11.3 Å². The van der Waals surface area contributed by atoms with Crippen LogP contribution in [-0.4, -0.2) is 34.0 Å². The standard InChI is InChI=1S/C24H24FN5O4S2/c1-29-21(15-35-24(29)31)16-6-11-22(23(12-16)36(32,33)27-18-4-2-3-5-18)34-14-19-13-30(28-26-19)20-9-7-17(25)8-10-20/h6-13,15,18,27H,2-5,14H2,1H3. The SMILES string of the molecule is Cn1c(-c2ccc(OCc3cn(-c4ccc(F)cc4)nn3)c(S(=O)(=O)NC3CCCC3)c2)csc1=O. The zero-order valence-corrected chi connectivity index (χ0v) is 21.1. The van der Waals surface area contributed by atoms with Gasteiger partial charge >= 0.3 is 4.87 Å². The van der Waals surface area contributed by atoms with Gasteiger partial charge < -0.3 is 9.30 Å². The van der Waals surface area contributed by atoms with E-state index in [2.05, 4.69) is 15.0 Å². The summed E-state index contributed by atoms with van der Waals surface area (Å²) < 4.78 is 51.7. The molecule has 9 nitrogen and oxygen atoms in total. The van der Waals surface area contributed by atoms with Gasteiger partial charge in [0.15, 0.2) is 0 Å². The summed E-state index contributed by atoms with van der Waals surface area (Å²) in [5.74, 6) is -0.186. The van der Waals surface area contributed by atoms with Gasteiger partial charge in [-0.05, 0) is 55.3 Å². The lowest BCUT2D eigenvalue weighted by Gasteiger charge is -2.17. The Hall–Kier alpha value is -3.35. The molecule has 12 heteroatoms. The first-order valence-electron chi connectivity index (χ1n) is 11.4. The molecule has 5 rings (SSSR count). The Kier molecular flexibility index (Phi) is 6.73. The second-order valence-corrected chi connectivity index (χ2v) is 11.1. The summed E-state index contributed by atoms with van der Waals surface area (Å²) in [4.78, 5) is 11.8. The molecule has 0 unspecified atom stereocenters. The number of hydrogen-bond acceptors (Lipinski definition) is 7. The first-order valence-corrected chi connectivity index (χ1v) is 13.8. The van der Waals surface area contributed by atoms with Gasteiger partial charge in [-0.15, -0.1) is 5.10 Å². The summed E-state index contributed by atoms with van der Waals surface area (Å²) in [6.45, 7) is -0.0244. The molecule has 1 aliphatic rings. The van der Waals surface area contributed by atoms with E-state index in [1.807, 2.05) is 0 Å². The molecule has 1 aliphatic carbocycles. The van der Waals surface area contributed by atoms with Crippen LogP contribution in [0.2, 0.25) is 0 Å². The zero-order valence-electron chi connectivity index (χ0n) is 19.4. The Morgan fingerprint density at radius 3 is 2.61 bits per heavy atom. The number of nitrogens with zero attached hydrogens (tertiary/aromatic N) is 4. The molecule has 2 aromatic carbocycles. The Morgan fingerprint density at radius 2 is 1.92 bits per heavy atom.